The Kier molecular flexibility index (Phi) is 7.85. The topological polar surface area (TPSA) is 77.9 Å². The van der Waals surface area contributed by atoms with Gasteiger partial charge in [0.25, 0.3) is 5.91 Å². The largest absolute Gasteiger partial charge is 0.481 e. The van der Waals surface area contributed by atoms with Crippen LogP contribution in [-0.2, 0) is 16.0 Å². The molecule has 1 atom stereocenters. The number of carbonyl (C=O) groups is 3. The highest BCUT2D eigenvalue weighted by atomic mass is 79.9. The minimum atomic E-state index is -1.10. The number of anilines is 1. The van der Waals surface area contributed by atoms with Gasteiger partial charge < -0.3 is 10.0 Å². The summed E-state index contributed by atoms with van der Waals surface area (Å²) in [6, 6.07) is 11.8. The lowest BCUT2D eigenvalue weighted by Crippen LogP contribution is -2.49. The predicted octanol–water partition coefficient (Wildman–Crippen LogP) is 6.17. The highest BCUT2D eigenvalue weighted by Gasteiger charge is 2.54. The molecule has 1 aliphatic rings. The Morgan fingerprint density at radius 2 is 1.66 bits per heavy atom. The quantitative estimate of drug-likeness (QED) is 0.304. The van der Waals surface area contributed by atoms with Gasteiger partial charge in [-0.15, -0.1) is 0 Å². The molecule has 0 spiro atoms. The molecule has 1 fully saturated rings. The molecular weight excluding hydrogens is 519 g/mol. The summed E-state index contributed by atoms with van der Waals surface area (Å²) in [5.74, 6) is -1.20. The first-order valence-corrected chi connectivity index (χ1v) is 11.8. The Morgan fingerprint density at radius 1 is 1.03 bits per heavy atom. The van der Waals surface area contributed by atoms with Crippen molar-refractivity contribution in [2.75, 3.05) is 11.4 Å². The third-order valence-corrected chi connectivity index (χ3v) is 6.49. The summed E-state index contributed by atoms with van der Waals surface area (Å²) >= 11 is 15.7. The number of carboxylic acid groups (broad SMARTS) is 1. The molecule has 1 saturated heterocycles. The number of carbonyl (C=O) groups excluding carboxylic acids is 2. The van der Waals surface area contributed by atoms with Gasteiger partial charge in [-0.3, -0.25) is 9.59 Å². The minimum Gasteiger partial charge on any atom is -0.481 e. The van der Waals surface area contributed by atoms with E-state index in [1.54, 1.807) is 30.0 Å². The van der Waals surface area contributed by atoms with E-state index in [4.69, 9.17) is 28.3 Å². The standard InChI is InChI=1S/C23H23BrCl2N2O4/c1-23(14-15-6-8-16(24)9-7-15)21(31)28(19-12-17(25)11-18(26)13-19)22(32)27(23)10-4-2-3-5-20(29)30/h6-9,11-13H,2-5,10,14H2,1H3,(H,29,30)/t23-/m1/s1. The zero-order valence-electron chi connectivity index (χ0n) is 17.5. The number of hydrogen-bond donors (Lipinski definition) is 1. The van der Waals surface area contributed by atoms with Gasteiger partial charge in [-0.25, -0.2) is 9.69 Å². The van der Waals surface area contributed by atoms with Crippen molar-refractivity contribution in [1.29, 1.82) is 0 Å². The average molecular weight is 542 g/mol. The van der Waals surface area contributed by atoms with Crippen LogP contribution in [0.3, 0.4) is 0 Å². The smallest absolute Gasteiger partial charge is 0.332 e. The van der Waals surface area contributed by atoms with Crippen molar-refractivity contribution in [2.24, 2.45) is 0 Å². The SMILES string of the molecule is C[C@@]1(Cc2ccc(Br)cc2)C(=O)N(c2cc(Cl)cc(Cl)c2)C(=O)N1CCCCCC(=O)O. The summed E-state index contributed by atoms with van der Waals surface area (Å²) in [7, 11) is 0. The van der Waals surface area contributed by atoms with Crippen LogP contribution in [0.2, 0.25) is 10.0 Å². The predicted molar refractivity (Wildman–Crippen MR) is 128 cm³/mol. The summed E-state index contributed by atoms with van der Waals surface area (Å²) in [6.07, 6.45) is 2.16. The zero-order chi connectivity index (χ0) is 23.5. The molecule has 0 unspecified atom stereocenters. The first kappa shape index (κ1) is 24.6. The number of carboxylic acids is 1. The second-order valence-corrected chi connectivity index (χ2v) is 9.77. The van der Waals surface area contributed by atoms with Gasteiger partial charge in [-0.1, -0.05) is 57.7 Å². The first-order valence-electron chi connectivity index (χ1n) is 10.2. The number of amides is 3. The van der Waals surface area contributed by atoms with Crippen LogP contribution >= 0.6 is 39.1 Å². The van der Waals surface area contributed by atoms with E-state index in [-0.39, 0.29) is 12.3 Å². The third-order valence-electron chi connectivity index (χ3n) is 5.52. The molecule has 0 bridgehead atoms. The van der Waals surface area contributed by atoms with Crippen LogP contribution in [-0.4, -0.2) is 40.0 Å². The number of unbranched alkanes of at least 4 members (excludes halogenated alkanes) is 2. The molecule has 0 saturated carbocycles. The zero-order valence-corrected chi connectivity index (χ0v) is 20.6. The van der Waals surface area contributed by atoms with Gasteiger partial charge in [0.05, 0.1) is 5.69 Å². The number of halogens is 3. The van der Waals surface area contributed by atoms with E-state index in [1.165, 1.54) is 0 Å². The first-order chi connectivity index (χ1) is 15.1. The molecule has 32 heavy (non-hydrogen) atoms. The average Bonchev–Trinajstić information content (AvgIpc) is 2.88. The van der Waals surface area contributed by atoms with Crippen LogP contribution in [0.25, 0.3) is 0 Å². The molecule has 2 aromatic rings. The molecule has 2 aromatic carbocycles. The lowest BCUT2D eigenvalue weighted by Gasteiger charge is -2.32. The highest BCUT2D eigenvalue weighted by Crippen LogP contribution is 2.37. The maximum absolute atomic E-state index is 13.6. The van der Waals surface area contributed by atoms with Crippen LogP contribution in [0.1, 0.15) is 38.2 Å². The fourth-order valence-corrected chi connectivity index (χ4v) is 4.69. The fourth-order valence-electron chi connectivity index (χ4n) is 3.91. The molecule has 1 N–H and O–H groups in total. The third kappa shape index (κ3) is 5.45. The second kappa shape index (κ2) is 10.2. The molecule has 0 aliphatic carbocycles. The molecule has 170 valence electrons. The Hall–Kier alpha value is -2.09. The van der Waals surface area contributed by atoms with Crippen LogP contribution < -0.4 is 4.90 Å². The number of rotatable bonds is 9. The van der Waals surface area contributed by atoms with E-state index in [0.717, 1.165) is 14.9 Å². The summed E-state index contributed by atoms with van der Waals surface area (Å²) in [4.78, 5) is 40.5. The lowest BCUT2D eigenvalue weighted by atomic mass is 9.91. The number of urea groups is 1. The van der Waals surface area contributed by atoms with Gasteiger partial charge in [0, 0.05) is 33.9 Å². The van der Waals surface area contributed by atoms with E-state index >= 15 is 0 Å². The summed E-state index contributed by atoms with van der Waals surface area (Å²) in [6.45, 7) is 2.10. The molecule has 1 aliphatic heterocycles. The molecule has 1 heterocycles. The lowest BCUT2D eigenvalue weighted by molar-refractivity contribution is -0.137. The van der Waals surface area contributed by atoms with Crippen molar-refractivity contribution >= 4 is 62.7 Å². The number of benzene rings is 2. The van der Waals surface area contributed by atoms with E-state index in [0.29, 0.717) is 48.0 Å². The Morgan fingerprint density at radius 3 is 2.25 bits per heavy atom. The fraction of sp³-hybridized carbons (Fsp3) is 0.348. The van der Waals surface area contributed by atoms with Crippen molar-refractivity contribution in [3.05, 3.63) is 62.5 Å². The normalized spacial score (nSPS) is 18.5. The highest BCUT2D eigenvalue weighted by molar-refractivity contribution is 9.10. The molecule has 6 nitrogen and oxygen atoms in total. The Labute approximate surface area is 205 Å². The van der Waals surface area contributed by atoms with Crippen molar-refractivity contribution in [3.8, 4) is 0 Å². The number of aliphatic carboxylic acids is 1. The maximum Gasteiger partial charge on any atom is 0.332 e. The number of hydrogen-bond acceptors (Lipinski definition) is 3. The van der Waals surface area contributed by atoms with Crippen LogP contribution in [0.4, 0.5) is 10.5 Å². The van der Waals surface area contributed by atoms with Gasteiger partial charge in [-0.05, 0) is 55.7 Å². The van der Waals surface area contributed by atoms with E-state index < -0.39 is 17.5 Å². The second-order valence-electron chi connectivity index (χ2n) is 7.98. The van der Waals surface area contributed by atoms with E-state index in [2.05, 4.69) is 15.9 Å². The van der Waals surface area contributed by atoms with Gasteiger partial charge >= 0.3 is 12.0 Å². The molecular formula is C23H23BrCl2N2O4. The van der Waals surface area contributed by atoms with Crippen LogP contribution in [0.5, 0.6) is 0 Å². The molecule has 9 heteroatoms. The van der Waals surface area contributed by atoms with Gasteiger partial charge in [0.15, 0.2) is 0 Å². The summed E-state index contributed by atoms with van der Waals surface area (Å²) in [5.41, 5.74) is 0.138. The molecule has 3 rings (SSSR count). The number of nitrogens with zero attached hydrogens (tertiary/aromatic N) is 2. The van der Waals surface area contributed by atoms with Gasteiger partial charge in [0.1, 0.15) is 5.54 Å². The van der Waals surface area contributed by atoms with E-state index in [9.17, 15) is 14.4 Å². The van der Waals surface area contributed by atoms with Crippen LogP contribution in [0, 0.1) is 0 Å². The maximum atomic E-state index is 13.6. The monoisotopic (exact) mass is 540 g/mol. The Bertz CT molecular complexity index is 1010. The van der Waals surface area contributed by atoms with Gasteiger partial charge in [0.2, 0.25) is 0 Å². The molecule has 0 aromatic heterocycles. The summed E-state index contributed by atoms with van der Waals surface area (Å²) in [5, 5.41) is 9.49. The number of imide groups is 1. The van der Waals surface area contributed by atoms with Crippen molar-refractivity contribution < 1.29 is 19.5 Å². The molecule has 3 amide bonds. The van der Waals surface area contributed by atoms with Crippen molar-refractivity contribution in [1.82, 2.24) is 4.90 Å². The van der Waals surface area contributed by atoms with Crippen molar-refractivity contribution in [3.63, 3.8) is 0 Å². The minimum absolute atomic E-state index is 0.0795. The van der Waals surface area contributed by atoms with Crippen molar-refractivity contribution in [2.45, 2.75) is 44.6 Å². The van der Waals surface area contributed by atoms with Gasteiger partial charge in [-0.2, -0.15) is 0 Å². The van der Waals surface area contributed by atoms with Crippen LogP contribution in [0.15, 0.2) is 46.9 Å². The summed E-state index contributed by atoms with van der Waals surface area (Å²) < 4.78 is 0.922. The Balaban J connectivity index is 1.90. The molecule has 0 radical (unpaired) electrons. The van der Waals surface area contributed by atoms with E-state index in [1.807, 2.05) is 24.3 Å².